The van der Waals surface area contributed by atoms with Crippen LogP contribution in [0.1, 0.15) is 23.7 Å². The molecular formula is C12H14N2O6. The summed E-state index contributed by atoms with van der Waals surface area (Å²) in [6.45, 7) is 1.61. The monoisotopic (exact) mass is 282 g/mol. The molecule has 0 unspecified atom stereocenters. The van der Waals surface area contributed by atoms with Crippen LogP contribution in [0.3, 0.4) is 0 Å². The van der Waals surface area contributed by atoms with Gasteiger partial charge in [-0.3, -0.25) is 14.9 Å². The summed E-state index contributed by atoms with van der Waals surface area (Å²) in [7, 11) is 1.28. The lowest BCUT2D eigenvalue weighted by Gasteiger charge is -2.12. The maximum absolute atomic E-state index is 11.9. The van der Waals surface area contributed by atoms with Crippen molar-refractivity contribution >= 4 is 17.6 Å². The van der Waals surface area contributed by atoms with E-state index in [0.717, 1.165) is 6.07 Å². The topological polar surface area (TPSA) is 119 Å². The van der Waals surface area contributed by atoms with Crippen LogP contribution in [0, 0.1) is 10.1 Å². The molecule has 0 aliphatic heterocycles. The maximum atomic E-state index is 11.9. The quantitative estimate of drug-likeness (QED) is 0.597. The Morgan fingerprint density at radius 1 is 1.50 bits per heavy atom. The number of nitrogens with zero attached hydrogens (tertiary/aromatic N) is 1. The van der Waals surface area contributed by atoms with E-state index in [9.17, 15) is 19.7 Å². The largest absolute Gasteiger partial charge is 0.490 e. The molecule has 0 saturated carbocycles. The second-order valence-electron chi connectivity index (χ2n) is 3.92. The Bertz CT molecular complexity index is 543. The van der Waals surface area contributed by atoms with Crippen LogP contribution in [0.5, 0.6) is 5.75 Å². The van der Waals surface area contributed by atoms with Gasteiger partial charge in [0.05, 0.1) is 12.0 Å². The standard InChI is InChI=1S/C12H14N2O6/c1-3-8(12(16)17)13-11(15)7-4-5-10(20-2)9(6-7)14(18)19/h4-6,8H,3H2,1-2H3,(H,13,15)(H,16,17)/t8-/m1/s1. The van der Waals surface area contributed by atoms with Gasteiger partial charge in [0.15, 0.2) is 5.75 Å². The van der Waals surface area contributed by atoms with Gasteiger partial charge in [0.25, 0.3) is 5.91 Å². The number of nitrogens with one attached hydrogen (secondary N) is 1. The van der Waals surface area contributed by atoms with E-state index in [1.165, 1.54) is 19.2 Å². The molecular weight excluding hydrogens is 268 g/mol. The van der Waals surface area contributed by atoms with Gasteiger partial charge >= 0.3 is 11.7 Å². The molecule has 0 fully saturated rings. The molecule has 0 spiro atoms. The van der Waals surface area contributed by atoms with Gasteiger partial charge in [-0.2, -0.15) is 0 Å². The molecule has 1 aromatic carbocycles. The van der Waals surface area contributed by atoms with Crippen LogP contribution in [-0.2, 0) is 4.79 Å². The summed E-state index contributed by atoms with van der Waals surface area (Å²) >= 11 is 0. The molecule has 0 saturated heterocycles. The van der Waals surface area contributed by atoms with Gasteiger partial charge in [0.2, 0.25) is 0 Å². The number of nitro benzene ring substituents is 1. The van der Waals surface area contributed by atoms with Crippen LogP contribution in [0.25, 0.3) is 0 Å². The number of carboxylic acids is 1. The fraction of sp³-hybridized carbons (Fsp3) is 0.333. The number of ether oxygens (including phenoxy) is 1. The number of amides is 1. The van der Waals surface area contributed by atoms with Gasteiger partial charge in [-0.05, 0) is 18.6 Å². The summed E-state index contributed by atoms with van der Waals surface area (Å²) in [4.78, 5) is 32.9. The average Bonchev–Trinajstić information content (AvgIpc) is 2.43. The van der Waals surface area contributed by atoms with E-state index in [-0.39, 0.29) is 23.4 Å². The highest BCUT2D eigenvalue weighted by atomic mass is 16.6. The Labute approximate surface area is 114 Å². The summed E-state index contributed by atoms with van der Waals surface area (Å²) in [6, 6.07) is 2.62. The number of carbonyl (C=O) groups excluding carboxylic acids is 1. The van der Waals surface area contributed by atoms with Crippen molar-refractivity contribution in [2.75, 3.05) is 7.11 Å². The molecule has 8 nitrogen and oxygen atoms in total. The lowest BCUT2D eigenvalue weighted by Crippen LogP contribution is -2.40. The summed E-state index contributed by atoms with van der Waals surface area (Å²) in [5.74, 6) is -1.83. The SMILES string of the molecule is CC[C@@H](NC(=O)c1ccc(OC)c([N+](=O)[O-])c1)C(=O)O. The number of benzene rings is 1. The smallest absolute Gasteiger partial charge is 0.326 e. The molecule has 20 heavy (non-hydrogen) atoms. The molecule has 108 valence electrons. The molecule has 0 aromatic heterocycles. The number of methoxy groups -OCH3 is 1. The van der Waals surface area contributed by atoms with Gasteiger partial charge in [0.1, 0.15) is 6.04 Å². The Balaban J connectivity index is 3.02. The lowest BCUT2D eigenvalue weighted by molar-refractivity contribution is -0.385. The Kier molecular flexibility index (Phi) is 5.01. The molecule has 8 heteroatoms. The van der Waals surface area contributed by atoms with Gasteiger partial charge in [-0.15, -0.1) is 0 Å². The Morgan fingerprint density at radius 3 is 2.60 bits per heavy atom. The highest BCUT2D eigenvalue weighted by molar-refractivity contribution is 5.97. The molecule has 1 aromatic rings. The van der Waals surface area contributed by atoms with E-state index in [2.05, 4.69) is 5.32 Å². The number of carbonyl (C=O) groups is 2. The van der Waals surface area contributed by atoms with Crippen molar-refractivity contribution in [1.29, 1.82) is 0 Å². The first-order chi connectivity index (χ1) is 9.40. The Morgan fingerprint density at radius 2 is 2.15 bits per heavy atom. The fourth-order valence-corrected chi connectivity index (χ4v) is 1.55. The van der Waals surface area contributed by atoms with Crippen LogP contribution < -0.4 is 10.1 Å². The first kappa shape index (κ1) is 15.4. The minimum atomic E-state index is -1.16. The minimum absolute atomic E-state index is 0.00259. The first-order valence-corrected chi connectivity index (χ1v) is 5.76. The molecule has 1 atom stereocenters. The first-order valence-electron chi connectivity index (χ1n) is 5.76. The summed E-state index contributed by atoms with van der Waals surface area (Å²) in [5, 5.41) is 22.0. The zero-order valence-corrected chi connectivity index (χ0v) is 11.0. The van der Waals surface area contributed by atoms with Crippen molar-refractivity contribution in [3.63, 3.8) is 0 Å². The van der Waals surface area contributed by atoms with E-state index >= 15 is 0 Å². The lowest BCUT2D eigenvalue weighted by atomic mass is 10.1. The van der Waals surface area contributed by atoms with Crippen molar-refractivity contribution in [2.24, 2.45) is 0 Å². The third-order valence-electron chi connectivity index (χ3n) is 2.65. The van der Waals surface area contributed by atoms with Crippen molar-refractivity contribution in [2.45, 2.75) is 19.4 Å². The molecule has 1 rings (SSSR count). The van der Waals surface area contributed by atoms with Crippen LogP contribution in [0.15, 0.2) is 18.2 Å². The molecule has 0 aliphatic carbocycles. The van der Waals surface area contributed by atoms with Gasteiger partial charge < -0.3 is 15.2 Å². The van der Waals surface area contributed by atoms with Gasteiger partial charge in [-0.25, -0.2) is 4.79 Å². The maximum Gasteiger partial charge on any atom is 0.326 e. The number of rotatable bonds is 6. The van der Waals surface area contributed by atoms with Gasteiger partial charge in [-0.1, -0.05) is 6.92 Å². The Hall–Kier alpha value is -2.64. The van der Waals surface area contributed by atoms with Crippen LogP contribution >= 0.6 is 0 Å². The van der Waals surface area contributed by atoms with Crippen LogP contribution in [-0.4, -0.2) is 35.1 Å². The summed E-state index contributed by atoms with van der Waals surface area (Å²) in [5.41, 5.74) is -0.360. The molecule has 0 heterocycles. The van der Waals surface area contributed by atoms with Crippen molar-refractivity contribution < 1.29 is 24.4 Å². The highest BCUT2D eigenvalue weighted by Gasteiger charge is 2.22. The van der Waals surface area contributed by atoms with Crippen molar-refractivity contribution in [3.05, 3.63) is 33.9 Å². The highest BCUT2D eigenvalue weighted by Crippen LogP contribution is 2.27. The minimum Gasteiger partial charge on any atom is -0.490 e. The van der Waals surface area contributed by atoms with E-state index in [0.29, 0.717) is 0 Å². The van der Waals surface area contributed by atoms with E-state index < -0.39 is 22.8 Å². The molecule has 0 radical (unpaired) electrons. The van der Waals surface area contributed by atoms with Gasteiger partial charge in [0, 0.05) is 11.6 Å². The van der Waals surface area contributed by atoms with Crippen LogP contribution in [0.4, 0.5) is 5.69 Å². The van der Waals surface area contributed by atoms with E-state index in [4.69, 9.17) is 9.84 Å². The number of nitro groups is 1. The predicted octanol–water partition coefficient (Wildman–Crippen LogP) is 1.20. The van der Waals surface area contributed by atoms with E-state index in [1.807, 2.05) is 0 Å². The van der Waals surface area contributed by atoms with Crippen molar-refractivity contribution in [1.82, 2.24) is 5.32 Å². The third-order valence-corrected chi connectivity index (χ3v) is 2.65. The van der Waals surface area contributed by atoms with Crippen molar-refractivity contribution in [3.8, 4) is 5.75 Å². The third kappa shape index (κ3) is 3.44. The number of hydrogen-bond donors (Lipinski definition) is 2. The summed E-state index contributed by atoms with van der Waals surface area (Å²) in [6.07, 6.45) is 0.208. The van der Waals surface area contributed by atoms with Crippen LogP contribution in [0.2, 0.25) is 0 Å². The average molecular weight is 282 g/mol. The molecule has 0 bridgehead atoms. The fourth-order valence-electron chi connectivity index (χ4n) is 1.55. The molecule has 0 aliphatic rings. The second-order valence-corrected chi connectivity index (χ2v) is 3.92. The molecule has 1 amide bonds. The molecule has 2 N–H and O–H groups in total. The number of aliphatic carboxylic acids is 1. The number of carboxylic acid groups (broad SMARTS) is 1. The summed E-state index contributed by atoms with van der Waals surface area (Å²) < 4.78 is 4.81. The van der Waals surface area contributed by atoms with E-state index in [1.54, 1.807) is 6.92 Å². The zero-order chi connectivity index (χ0) is 15.3. The second kappa shape index (κ2) is 6.50. The normalized spacial score (nSPS) is 11.5. The zero-order valence-electron chi connectivity index (χ0n) is 11.0. The predicted molar refractivity (Wildman–Crippen MR) is 68.8 cm³/mol. The number of hydrogen-bond acceptors (Lipinski definition) is 5.